The second kappa shape index (κ2) is 8.32. The molecule has 0 saturated carbocycles. The first-order valence-corrected chi connectivity index (χ1v) is 8.34. The van der Waals surface area contributed by atoms with Gasteiger partial charge in [-0.3, -0.25) is 0 Å². The Morgan fingerprint density at radius 1 is 1.38 bits per heavy atom. The first kappa shape index (κ1) is 16.2. The molecule has 0 radical (unpaired) electrons. The fourth-order valence-corrected chi connectivity index (χ4v) is 2.88. The minimum atomic E-state index is 0.534. The van der Waals surface area contributed by atoms with Gasteiger partial charge in [-0.15, -0.1) is 11.3 Å². The molecule has 2 rings (SSSR count). The molecule has 116 valence electrons. The number of nitrogens with zero attached hydrogens (tertiary/aromatic N) is 1. The fourth-order valence-electron chi connectivity index (χ4n) is 2.12. The quantitative estimate of drug-likeness (QED) is 0.719. The summed E-state index contributed by atoms with van der Waals surface area (Å²) in [6, 6.07) is 2.07. The average Bonchev–Trinajstić information content (AvgIpc) is 3.02. The molecule has 2 heterocycles. The van der Waals surface area contributed by atoms with Crippen molar-refractivity contribution in [3.05, 3.63) is 39.2 Å². The summed E-state index contributed by atoms with van der Waals surface area (Å²) in [5, 5.41) is 3.36. The van der Waals surface area contributed by atoms with Crippen molar-refractivity contribution < 1.29 is 9.15 Å². The number of ether oxygens (including phenoxy) is 1. The van der Waals surface area contributed by atoms with Gasteiger partial charge in [0.2, 0.25) is 0 Å². The molecule has 0 amide bonds. The second-order valence-corrected chi connectivity index (χ2v) is 6.10. The Labute approximate surface area is 130 Å². The monoisotopic (exact) mass is 308 g/mol. The van der Waals surface area contributed by atoms with Crippen LogP contribution in [0.15, 0.2) is 16.0 Å². The third-order valence-corrected chi connectivity index (χ3v) is 4.34. The van der Waals surface area contributed by atoms with Crippen molar-refractivity contribution in [3.63, 3.8) is 0 Å². The molecule has 0 aromatic carbocycles. The Balaban J connectivity index is 1.73. The van der Waals surface area contributed by atoms with Crippen LogP contribution in [0, 0.1) is 13.8 Å². The number of thiazole rings is 1. The number of nitrogens with one attached hydrogen (secondary N) is 1. The van der Waals surface area contributed by atoms with E-state index in [-0.39, 0.29) is 0 Å². The zero-order chi connectivity index (χ0) is 15.1. The number of hydrogen-bond donors (Lipinski definition) is 1. The molecule has 5 heteroatoms. The van der Waals surface area contributed by atoms with Crippen molar-refractivity contribution >= 4 is 11.3 Å². The van der Waals surface area contributed by atoms with E-state index in [2.05, 4.69) is 30.2 Å². The second-order valence-electron chi connectivity index (χ2n) is 5.16. The van der Waals surface area contributed by atoms with Crippen molar-refractivity contribution in [2.24, 2.45) is 0 Å². The lowest BCUT2D eigenvalue weighted by atomic mass is 10.2. The first-order chi connectivity index (χ1) is 10.2. The number of hydrogen-bond acceptors (Lipinski definition) is 5. The van der Waals surface area contributed by atoms with E-state index >= 15 is 0 Å². The molecule has 21 heavy (non-hydrogen) atoms. The molecular weight excluding hydrogens is 284 g/mol. The molecule has 0 aliphatic heterocycles. The summed E-state index contributed by atoms with van der Waals surface area (Å²) in [4.78, 5) is 5.54. The SMILES string of the molecule is CCCNCc1oc(COCCc2scnc2C)cc1C. The molecule has 0 unspecified atom stereocenters. The summed E-state index contributed by atoms with van der Waals surface area (Å²) in [5.41, 5.74) is 4.19. The Bertz CT molecular complexity index is 548. The van der Waals surface area contributed by atoms with E-state index < -0.39 is 0 Å². The number of aryl methyl sites for hydroxylation is 2. The van der Waals surface area contributed by atoms with Crippen LogP contribution in [0.5, 0.6) is 0 Å². The predicted octanol–water partition coefficient (Wildman–Crippen LogP) is 3.61. The first-order valence-electron chi connectivity index (χ1n) is 7.46. The third-order valence-electron chi connectivity index (χ3n) is 3.35. The summed E-state index contributed by atoms with van der Waals surface area (Å²) in [7, 11) is 0. The summed E-state index contributed by atoms with van der Waals surface area (Å²) in [6.45, 7) is 9.32. The van der Waals surface area contributed by atoms with Crippen LogP contribution < -0.4 is 5.32 Å². The highest BCUT2D eigenvalue weighted by molar-refractivity contribution is 7.09. The van der Waals surface area contributed by atoms with Crippen molar-refractivity contribution in [1.29, 1.82) is 0 Å². The predicted molar refractivity (Wildman–Crippen MR) is 85.7 cm³/mol. The number of aromatic nitrogens is 1. The van der Waals surface area contributed by atoms with Gasteiger partial charge in [-0.1, -0.05) is 6.92 Å². The molecule has 0 aliphatic rings. The molecule has 2 aromatic rings. The summed E-state index contributed by atoms with van der Waals surface area (Å²) in [6.07, 6.45) is 2.05. The van der Waals surface area contributed by atoms with Crippen LogP contribution in [0.2, 0.25) is 0 Å². The van der Waals surface area contributed by atoms with Crippen LogP contribution >= 0.6 is 11.3 Å². The van der Waals surface area contributed by atoms with Gasteiger partial charge >= 0.3 is 0 Å². The maximum absolute atomic E-state index is 5.82. The Morgan fingerprint density at radius 3 is 2.95 bits per heavy atom. The van der Waals surface area contributed by atoms with Gasteiger partial charge in [0, 0.05) is 11.3 Å². The van der Waals surface area contributed by atoms with Crippen LogP contribution in [-0.2, 0) is 24.3 Å². The molecule has 0 spiro atoms. The lowest BCUT2D eigenvalue weighted by molar-refractivity contribution is 0.108. The van der Waals surface area contributed by atoms with E-state index in [1.54, 1.807) is 11.3 Å². The normalized spacial score (nSPS) is 11.2. The minimum absolute atomic E-state index is 0.534. The van der Waals surface area contributed by atoms with Crippen molar-refractivity contribution in [2.75, 3.05) is 13.2 Å². The Morgan fingerprint density at radius 2 is 2.24 bits per heavy atom. The summed E-state index contributed by atoms with van der Waals surface area (Å²) >= 11 is 1.69. The molecular formula is C16H24N2O2S. The minimum Gasteiger partial charge on any atom is -0.462 e. The molecule has 4 nitrogen and oxygen atoms in total. The highest BCUT2D eigenvalue weighted by Crippen LogP contribution is 2.16. The maximum Gasteiger partial charge on any atom is 0.130 e. The summed E-state index contributed by atoms with van der Waals surface area (Å²) < 4.78 is 11.5. The molecule has 1 N–H and O–H groups in total. The van der Waals surface area contributed by atoms with Gasteiger partial charge in [0.05, 0.1) is 24.4 Å². The van der Waals surface area contributed by atoms with Gasteiger partial charge in [0.15, 0.2) is 0 Å². The topological polar surface area (TPSA) is 47.3 Å². The molecule has 2 aromatic heterocycles. The molecule has 0 saturated heterocycles. The zero-order valence-corrected chi connectivity index (χ0v) is 13.9. The average molecular weight is 308 g/mol. The molecule has 0 bridgehead atoms. The van der Waals surface area contributed by atoms with Crippen molar-refractivity contribution in [2.45, 2.75) is 46.8 Å². The third kappa shape index (κ3) is 4.95. The van der Waals surface area contributed by atoms with Crippen LogP contribution in [0.3, 0.4) is 0 Å². The largest absolute Gasteiger partial charge is 0.462 e. The maximum atomic E-state index is 5.82. The highest BCUT2D eigenvalue weighted by Gasteiger charge is 2.08. The number of rotatable bonds is 9. The van der Waals surface area contributed by atoms with Crippen LogP contribution in [-0.4, -0.2) is 18.1 Å². The van der Waals surface area contributed by atoms with Crippen LogP contribution in [0.25, 0.3) is 0 Å². The lowest BCUT2D eigenvalue weighted by Gasteiger charge is -2.02. The summed E-state index contributed by atoms with van der Waals surface area (Å²) in [5.74, 6) is 1.92. The van der Waals surface area contributed by atoms with E-state index in [0.717, 1.165) is 43.1 Å². The Kier molecular flexibility index (Phi) is 6.42. The van der Waals surface area contributed by atoms with Crippen molar-refractivity contribution in [1.82, 2.24) is 10.3 Å². The molecule has 0 fully saturated rings. The van der Waals surface area contributed by atoms with Gasteiger partial charge < -0.3 is 14.5 Å². The van der Waals surface area contributed by atoms with Gasteiger partial charge in [0.1, 0.15) is 18.1 Å². The van der Waals surface area contributed by atoms with E-state index in [0.29, 0.717) is 13.2 Å². The van der Waals surface area contributed by atoms with E-state index in [1.165, 1.54) is 10.4 Å². The standard InChI is InChI=1S/C16H24N2O2S/c1-4-6-17-9-15-12(2)8-14(20-15)10-19-7-5-16-13(3)18-11-21-16/h8,11,17H,4-7,9-10H2,1-3H3. The van der Waals surface area contributed by atoms with Gasteiger partial charge in [-0.2, -0.15) is 0 Å². The van der Waals surface area contributed by atoms with Gasteiger partial charge in [-0.05, 0) is 38.4 Å². The van der Waals surface area contributed by atoms with Crippen LogP contribution in [0.1, 0.15) is 41.0 Å². The van der Waals surface area contributed by atoms with Gasteiger partial charge in [0.25, 0.3) is 0 Å². The lowest BCUT2D eigenvalue weighted by Crippen LogP contribution is -2.13. The van der Waals surface area contributed by atoms with Crippen molar-refractivity contribution in [3.8, 4) is 0 Å². The number of furan rings is 1. The molecule has 0 aliphatic carbocycles. The van der Waals surface area contributed by atoms with E-state index in [4.69, 9.17) is 9.15 Å². The van der Waals surface area contributed by atoms with E-state index in [9.17, 15) is 0 Å². The van der Waals surface area contributed by atoms with Crippen LogP contribution in [0.4, 0.5) is 0 Å². The Hall–Kier alpha value is -1.17. The van der Waals surface area contributed by atoms with Gasteiger partial charge in [-0.25, -0.2) is 4.98 Å². The van der Waals surface area contributed by atoms with E-state index in [1.807, 2.05) is 12.4 Å². The zero-order valence-electron chi connectivity index (χ0n) is 13.1. The highest BCUT2D eigenvalue weighted by atomic mass is 32.1. The smallest absolute Gasteiger partial charge is 0.130 e. The molecule has 0 atom stereocenters. The fraction of sp³-hybridized carbons (Fsp3) is 0.562.